The molecule has 2 aromatic carbocycles. The third-order valence-corrected chi connectivity index (χ3v) is 16.6. The first-order valence-electron chi connectivity index (χ1n) is 21.7. The number of nitrogens with zero attached hydrogens (tertiary/aromatic N) is 3. The molecule has 15 heteroatoms. The zero-order valence-corrected chi connectivity index (χ0v) is 38.7. The van der Waals surface area contributed by atoms with Crippen LogP contribution in [0.2, 0.25) is 0 Å². The number of hydrogen-bond acceptors (Lipinski definition) is 13. The first-order valence-corrected chi connectivity index (χ1v) is 23.0. The van der Waals surface area contributed by atoms with Crippen LogP contribution in [0.4, 0.5) is 5.69 Å². The van der Waals surface area contributed by atoms with E-state index in [2.05, 4.69) is 57.5 Å². The molecule has 3 aromatic rings. The normalized spacial score (nSPS) is 35.6. The molecule has 1 aliphatic carbocycles. The molecule has 3 N–H and O–H groups in total. The maximum absolute atomic E-state index is 15.4. The van der Waals surface area contributed by atoms with E-state index in [0.717, 1.165) is 38.3 Å². The Balaban J connectivity index is 0.00000529. The van der Waals surface area contributed by atoms with Crippen LogP contribution in [0.3, 0.4) is 0 Å². The molecule has 62 heavy (non-hydrogen) atoms. The summed E-state index contributed by atoms with van der Waals surface area (Å²) in [5, 5.41) is 26.5. The third-order valence-electron chi connectivity index (χ3n) is 15.9. The third kappa shape index (κ3) is 5.91. The number of benzene rings is 2. The van der Waals surface area contributed by atoms with Crippen LogP contribution >= 0.6 is 24.2 Å². The van der Waals surface area contributed by atoms with Crippen LogP contribution in [0.5, 0.6) is 5.75 Å². The molecule has 3 fully saturated rings. The molecule has 2 bridgehead atoms. The first kappa shape index (κ1) is 44.8. The number of anilines is 1. The molecule has 336 valence electrons. The summed E-state index contributed by atoms with van der Waals surface area (Å²) in [5.41, 5.74) is -1.65. The van der Waals surface area contributed by atoms with E-state index in [4.69, 9.17) is 18.9 Å². The first-order chi connectivity index (χ1) is 29.2. The Labute approximate surface area is 374 Å². The standard InChI is InChI=1S/C47H60N4O9S.ClH/c1-9-43(55)23-28-24-46(41(53)58-6,37-30(14-18-50(25-28)26-43)31-20-29(61-8)12-13-34(31)48-37)33-21-32-35(22-36(33)57-5)49(4)39-45(32)16-19-51-17-11-15-44(10-2,38(45)51)40(60-27(3)52)47(39,56)42(54)59-7;/h11-13,15,20-22,28,38-40,48,55-56H,9-10,14,16-19,23-26H2,1-8H3;1H/t28-,38-,39+,40+,43-,44+,45+,46-,47-;/m0./s1. The summed E-state index contributed by atoms with van der Waals surface area (Å²) in [4.78, 5) is 54.5. The minimum atomic E-state index is -2.31. The Hall–Kier alpha value is -3.79. The van der Waals surface area contributed by atoms with Crippen molar-refractivity contribution in [2.75, 3.05) is 72.3 Å². The molecule has 0 amide bonds. The highest BCUT2D eigenvalue weighted by Crippen LogP contribution is 2.68. The quantitative estimate of drug-likeness (QED) is 0.119. The maximum atomic E-state index is 15.4. The van der Waals surface area contributed by atoms with Crippen LogP contribution in [0.1, 0.15) is 75.3 Å². The van der Waals surface area contributed by atoms with Crippen molar-refractivity contribution in [1.82, 2.24) is 14.8 Å². The topological polar surface area (TPSA) is 154 Å². The molecule has 2 saturated heterocycles. The van der Waals surface area contributed by atoms with Gasteiger partial charge in [0, 0.05) is 95.8 Å². The van der Waals surface area contributed by atoms with Crippen LogP contribution in [0.15, 0.2) is 47.4 Å². The maximum Gasteiger partial charge on any atom is 0.344 e. The summed E-state index contributed by atoms with van der Waals surface area (Å²) < 4.78 is 24.0. The van der Waals surface area contributed by atoms with Gasteiger partial charge < -0.3 is 39.0 Å². The van der Waals surface area contributed by atoms with Gasteiger partial charge in [0.2, 0.25) is 5.60 Å². The SMILES string of the molecule is CC[C@]1(O)C[C@@H]2CN(CCc3c([nH]c4ccc(SC)cc34)[C@@](C(=O)OC)(c3cc4c(cc3OC)N(C)[C@H]3[C@@](O)(C(=O)OC)[C@H](OC(C)=O)[C@]5(CC)C=CCN6CC[C@]43[C@@H]65)C2)C1.Cl. The number of fused-ring (bicyclic) bond motifs is 6. The van der Waals surface area contributed by atoms with Gasteiger partial charge in [0.1, 0.15) is 11.2 Å². The van der Waals surface area contributed by atoms with E-state index in [-0.39, 0.29) is 24.4 Å². The molecule has 10 atom stereocenters. The van der Waals surface area contributed by atoms with Crippen LogP contribution in [0.25, 0.3) is 10.9 Å². The molecular formula is C47H61ClN4O9S. The van der Waals surface area contributed by atoms with Crippen LogP contribution < -0.4 is 9.64 Å². The number of esters is 3. The van der Waals surface area contributed by atoms with E-state index in [1.807, 2.05) is 31.9 Å². The number of hydrogen-bond donors (Lipinski definition) is 3. The number of methoxy groups -OCH3 is 3. The predicted octanol–water partition coefficient (Wildman–Crippen LogP) is 5.13. The molecule has 6 aliphatic rings. The lowest BCUT2D eigenvalue weighted by Crippen LogP contribution is -2.81. The number of aliphatic hydroxyl groups is 2. The van der Waals surface area contributed by atoms with Gasteiger partial charge in [-0.25, -0.2) is 4.79 Å². The smallest absolute Gasteiger partial charge is 0.344 e. The second-order valence-electron chi connectivity index (χ2n) is 18.6. The lowest BCUT2D eigenvalue weighted by Gasteiger charge is -2.63. The van der Waals surface area contributed by atoms with Gasteiger partial charge in [0.25, 0.3) is 0 Å². The van der Waals surface area contributed by atoms with E-state index in [9.17, 15) is 19.8 Å². The Morgan fingerprint density at radius 3 is 2.39 bits per heavy atom. The summed E-state index contributed by atoms with van der Waals surface area (Å²) in [6.07, 6.45) is 7.98. The molecule has 1 saturated carbocycles. The van der Waals surface area contributed by atoms with Gasteiger partial charge in [0.15, 0.2) is 6.10 Å². The number of carbonyl (C=O) groups is 3. The van der Waals surface area contributed by atoms with E-state index in [1.165, 1.54) is 21.1 Å². The molecule has 9 rings (SSSR count). The Bertz CT molecular complexity index is 2340. The minimum Gasteiger partial charge on any atom is -0.496 e. The average molecular weight is 894 g/mol. The number of H-pyrrole nitrogens is 1. The minimum absolute atomic E-state index is 0. The summed E-state index contributed by atoms with van der Waals surface area (Å²) in [6, 6.07) is 9.19. The fourth-order valence-electron chi connectivity index (χ4n) is 13.7. The van der Waals surface area contributed by atoms with Gasteiger partial charge in [-0.2, -0.15) is 0 Å². The van der Waals surface area contributed by atoms with Crippen molar-refractivity contribution in [1.29, 1.82) is 0 Å². The Morgan fingerprint density at radius 1 is 0.968 bits per heavy atom. The lowest BCUT2D eigenvalue weighted by atomic mass is 9.47. The number of likely N-dealkylation sites (N-methyl/N-ethyl adjacent to an activating group) is 1. The fourth-order valence-corrected chi connectivity index (χ4v) is 14.1. The van der Waals surface area contributed by atoms with Crippen molar-refractivity contribution in [2.24, 2.45) is 11.3 Å². The van der Waals surface area contributed by atoms with E-state index in [0.29, 0.717) is 82.6 Å². The number of carbonyl (C=O) groups excluding carboxylic acids is 3. The number of piperidine rings is 1. The van der Waals surface area contributed by atoms with E-state index < -0.39 is 57.5 Å². The summed E-state index contributed by atoms with van der Waals surface area (Å²) in [6.45, 7) is 8.62. The zero-order valence-electron chi connectivity index (χ0n) is 37.0. The summed E-state index contributed by atoms with van der Waals surface area (Å²) >= 11 is 1.67. The number of ether oxygens (including phenoxy) is 4. The Kier molecular flexibility index (Phi) is 11.4. The number of rotatable bonds is 8. The van der Waals surface area contributed by atoms with Gasteiger partial charge in [0.05, 0.1) is 33.0 Å². The van der Waals surface area contributed by atoms with Crippen LogP contribution in [-0.4, -0.2) is 140 Å². The predicted molar refractivity (Wildman–Crippen MR) is 239 cm³/mol. The van der Waals surface area contributed by atoms with Crippen molar-refractivity contribution >= 4 is 58.7 Å². The van der Waals surface area contributed by atoms with Crippen molar-refractivity contribution in [2.45, 2.75) is 104 Å². The van der Waals surface area contributed by atoms with Gasteiger partial charge in [-0.15, -0.1) is 24.2 Å². The summed E-state index contributed by atoms with van der Waals surface area (Å²) in [5.74, 6) is -1.57. The number of nitrogens with one attached hydrogen (secondary N) is 1. The summed E-state index contributed by atoms with van der Waals surface area (Å²) in [7, 11) is 6.17. The fraction of sp³-hybridized carbons (Fsp3) is 0.596. The lowest BCUT2D eigenvalue weighted by molar-refractivity contribution is -0.228. The molecule has 6 heterocycles. The van der Waals surface area contributed by atoms with E-state index >= 15 is 4.79 Å². The largest absolute Gasteiger partial charge is 0.496 e. The average Bonchev–Trinajstić information content (AvgIpc) is 3.92. The molecular weight excluding hydrogens is 832 g/mol. The molecule has 1 unspecified atom stereocenters. The number of halogens is 1. The van der Waals surface area contributed by atoms with Crippen molar-refractivity contribution in [3.05, 3.63) is 64.9 Å². The number of thioether (sulfide) groups is 1. The zero-order chi connectivity index (χ0) is 43.4. The second kappa shape index (κ2) is 15.7. The monoisotopic (exact) mass is 892 g/mol. The Morgan fingerprint density at radius 2 is 1.73 bits per heavy atom. The van der Waals surface area contributed by atoms with Crippen molar-refractivity contribution < 1.29 is 43.5 Å². The van der Waals surface area contributed by atoms with Crippen LogP contribution in [0, 0.1) is 11.3 Å². The highest BCUT2D eigenvalue weighted by atomic mass is 35.5. The molecule has 5 aliphatic heterocycles. The molecule has 0 radical (unpaired) electrons. The molecule has 1 aromatic heterocycles. The molecule has 13 nitrogen and oxygen atoms in total. The highest BCUT2D eigenvalue weighted by molar-refractivity contribution is 7.98. The van der Waals surface area contributed by atoms with E-state index in [1.54, 1.807) is 18.9 Å². The van der Waals surface area contributed by atoms with Crippen molar-refractivity contribution in [3.8, 4) is 5.75 Å². The number of aromatic amines is 1. The van der Waals surface area contributed by atoms with Crippen LogP contribution in [-0.2, 0) is 45.8 Å². The highest BCUT2D eigenvalue weighted by Gasteiger charge is 2.80. The van der Waals surface area contributed by atoms with Gasteiger partial charge in [-0.05, 0) is 92.6 Å². The van der Waals surface area contributed by atoms with Gasteiger partial charge in [-0.1, -0.05) is 26.0 Å². The van der Waals surface area contributed by atoms with Gasteiger partial charge in [-0.3, -0.25) is 19.4 Å². The second-order valence-corrected chi connectivity index (χ2v) is 19.4. The van der Waals surface area contributed by atoms with Crippen molar-refractivity contribution in [3.63, 3.8) is 0 Å². The molecule has 1 spiro atoms. The van der Waals surface area contributed by atoms with Gasteiger partial charge >= 0.3 is 17.9 Å². The number of aromatic nitrogens is 1.